The quantitative estimate of drug-likeness (QED) is 0.825. The Morgan fingerprint density at radius 1 is 1.29 bits per heavy atom. The van der Waals surface area contributed by atoms with Gasteiger partial charge < -0.3 is 4.74 Å². The summed E-state index contributed by atoms with van der Waals surface area (Å²) in [6.07, 6.45) is 1.47. The number of unbranched alkanes of at least 4 members (excludes halogenated alkanes) is 1. The fourth-order valence-electron chi connectivity index (χ4n) is 1.16. The lowest BCUT2D eigenvalue weighted by Gasteiger charge is -2.08. The summed E-state index contributed by atoms with van der Waals surface area (Å²) in [5.41, 5.74) is 0. The maximum atomic E-state index is 13.4. The van der Waals surface area contributed by atoms with Crippen LogP contribution in [0, 0.1) is 11.6 Å². The number of sulfonamides is 1. The van der Waals surface area contributed by atoms with Crippen molar-refractivity contribution in [3.63, 3.8) is 0 Å². The van der Waals surface area contributed by atoms with Crippen molar-refractivity contribution >= 4 is 10.0 Å². The molecule has 0 saturated heterocycles. The smallest absolute Gasteiger partial charge is 0.238 e. The zero-order chi connectivity index (χ0) is 13.1. The van der Waals surface area contributed by atoms with Crippen LogP contribution in [0.4, 0.5) is 8.78 Å². The van der Waals surface area contributed by atoms with Gasteiger partial charge in [0.1, 0.15) is 0 Å². The highest BCUT2D eigenvalue weighted by molar-refractivity contribution is 7.89. The molecular weight excluding hydrogens is 252 g/mol. The Morgan fingerprint density at radius 2 is 1.82 bits per heavy atom. The van der Waals surface area contributed by atoms with Crippen molar-refractivity contribution in [2.75, 3.05) is 6.61 Å². The van der Waals surface area contributed by atoms with Gasteiger partial charge in [-0.1, -0.05) is 13.3 Å². The van der Waals surface area contributed by atoms with Crippen LogP contribution < -0.4 is 9.88 Å². The number of benzene rings is 1. The molecule has 0 radical (unpaired) electrons. The highest BCUT2D eigenvalue weighted by Gasteiger charge is 2.17. The number of nitrogens with two attached hydrogens (primary N) is 1. The first-order valence-electron chi connectivity index (χ1n) is 5.01. The first-order chi connectivity index (χ1) is 7.86. The van der Waals surface area contributed by atoms with E-state index in [0.29, 0.717) is 18.6 Å². The molecule has 1 rings (SSSR count). The first-order valence-corrected chi connectivity index (χ1v) is 6.55. The van der Waals surface area contributed by atoms with Crippen molar-refractivity contribution in [3.05, 3.63) is 23.8 Å². The first kappa shape index (κ1) is 13.9. The number of hydrogen-bond acceptors (Lipinski definition) is 3. The maximum Gasteiger partial charge on any atom is 0.238 e. The molecule has 17 heavy (non-hydrogen) atoms. The van der Waals surface area contributed by atoms with E-state index in [-0.39, 0.29) is 6.61 Å². The topological polar surface area (TPSA) is 69.4 Å². The van der Waals surface area contributed by atoms with Gasteiger partial charge in [0, 0.05) is 0 Å². The Hall–Kier alpha value is -1.21. The largest absolute Gasteiger partial charge is 0.488 e. The lowest BCUT2D eigenvalue weighted by atomic mass is 10.3. The van der Waals surface area contributed by atoms with Gasteiger partial charge in [-0.15, -0.1) is 0 Å². The summed E-state index contributed by atoms with van der Waals surface area (Å²) in [4.78, 5) is -0.615. The number of primary sulfonamides is 1. The van der Waals surface area contributed by atoms with Crippen molar-refractivity contribution < 1.29 is 21.9 Å². The van der Waals surface area contributed by atoms with Gasteiger partial charge in [-0.25, -0.2) is 22.3 Å². The number of ether oxygens (including phenoxy) is 1. The zero-order valence-corrected chi connectivity index (χ0v) is 10.1. The molecule has 0 amide bonds. The van der Waals surface area contributed by atoms with E-state index in [9.17, 15) is 17.2 Å². The van der Waals surface area contributed by atoms with Crippen LogP contribution in [0.15, 0.2) is 17.0 Å². The average molecular weight is 265 g/mol. The molecule has 0 heterocycles. The molecule has 0 spiro atoms. The third kappa shape index (κ3) is 3.64. The second-order valence-electron chi connectivity index (χ2n) is 3.46. The molecule has 0 fully saturated rings. The molecule has 7 heteroatoms. The monoisotopic (exact) mass is 265 g/mol. The van der Waals surface area contributed by atoms with Gasteiger partial charge in [-0.2, -0.15) is 0 Å². The molecule has 0 aliphatic carbocycles. The molecule has 0 saturated carbocycles. The van der Waals surface area contributed by atoms with Crippen LogP contribution in [0.1, 0.15) is 19.8 Å². The molecule has 2 N–H and O–H groups in total. The summed E-state index contributed by atoms with van der Waals surface area (Å²) in [7, 11) is -4.13. The second kappa shape index (κ2) is 5.42. The summed E-state index contributed by atoms with van der Waals surface area (Å²) >= 11 is 0. The third-order valence-corrected chi connectivity index (χ3v) is 2.94. The van der Waals surface area contributed by atoms with Gasteiger partial charge in [-0.05, 0) is 18.6 Å². The lowest BCUT2D eigenvalue weighted by Crippen LogP contribution is -2.13. The van der Waals surface area contributed by atoms with Crippen molar-refractivity contribution in [2.45, 2.75) is 24.7 Å². The van der Waals surface area contributed by atoms with E-state index in [0.717, 1.165) is 6.42 Å². The van der Waals surface area contributed by atoms with Crippen LogP contribution in [-0.4, -0.2) is 15.0 Å². The molecular formula is C10H13F2NO3S. The van der Waals surface area contributed by atoms with E-state index in [1.54, 1.807) is 0 Å². The van der Waals surface area contributed by atoms with E-state index in [4.69, 9.17) is 9.88 Å². The van der Waals surface area contributed by atoms with Crippen LogP contribution in [0.25, 0.3) is 0 Å². The highest BCUT2D eigenvalue weighted by Crippen LogP contribution is 2.25. The average Bonchev–Trinajstić information content (AvgIpc) is 2.20. The molecule has 0 atom stereocenters. The van der Waals surface area contributed by atoms with Crippen LogP contribution in [-0.2, 0) is 10.0 Å². The number of rotatable bonds is 5. The minimum atomic E-state index is -4.13. The number of hydrogen-bond donors (Lipinski definition) is 1. The van der Waals surface area contributed by atoms with Crippen molar-refractivity contribution in [2.24, 2.45) is 5.14 Å². The van der Waals surface area contributed by atoms with E-state index < -0.39 is 32.3 Å². The molecule has 1 aromatic rings. The normalized spacial score (nSPS) is 11.5. The Morgan fingerprint density at radius 3 is 2.24 bits per heavy atom. The second-order valence-corrected chi connectivity index (χ2v) is 5.02. The Labute approximate surface area is 98.4 Å². The van der Waals surface area contributed by atoms with E-state index >= 15 is 0 Å². The van der Waals surface area contributed by atoms with Gasteiger partial charge in [0.15, 0.2) is 17.4 Å². The summed E-state index contributed by atoms with van der Waals surface area (Å²) in [6, 6.07) is 1.28. The molecule has 0 unspecified atom stereocenters. The molecule has 0 aliphatic rings. The van der Waals surface area contributed by atoms with Crippen molar-refractivity contribution in [3.8, 4) is 5.75 Å². The summed E-state index contributed by atoms with van der Waals surface area (Å²) < 4.78 is 53.5. The predicted octanol–water partition coefficient (Wildman–Crippen LogP) is 1.79. The van der Waals surface area contributed by atoms with Gasteiger partial charge >= 0.3 is 0 Å². The van der Waals surface area contributed by atoms with Crippen LogP contribution >= 0.6 is 0 Å². The summed E-state index contributed by atoms with van der Waals surface area (Å²) in [5, 5.41) is 4.76. The maximum absolute atomic E-state index is 13.4. The van der Waals surface area contributed by atoms with Gasteiger partial charge in [0.2, 0.25) is 10.0 Å². The molecule has 0 aromatic heterocycles. The Balaban J connectivity index is 3.03. The minimum absolute atomic E-state index is 0.166. The van der Waals surface area contributed by atoms with Crippen LogP contribution in [0.2, 0.25) is 0 Å². The van der Waals surface area contributed by atoms with Gasteiger partial charge in [-0.3, -0.25) is 0 Å². The van der Waals surface area contributed by atoms with Crippen LogP contribution in [0.3, 0.4) is 0 Å². The fraction of sp³-hybridized carbons (Fsp3) is 0.400. The van der Waals surface area contributed by atoms with Gasteiger partial charge in [0.05, 0.1) is 11.5 Å². The fourth-order valence-corrected chi connectivity index (χ4v) is 1.69. The van der Waals surface area contributed by atoms with E-state index in [2.05, 4.69) is 0 Å². The van der Waals surface area contributed by atoms with Gasteiger partial charge in [0.25, 0.3) is 0 Å². The zero-order valence-electron chi connectivity index (χ0n) is 9.24. The summed E-state index contributed by atoms with van der Waals surface area (Å²) in [6.45, 7) is 2.07. The molecule has 96 valence electrons. The third-order valence-electron chi connectivity index (χ3n) is 2.04. The highest BCUT2D eigenvalue weighted by atomic mass is 32.2. The molecule has 4 nitrogen and oxygen atoms in total. The molecule has 1 aromatic carbocycles. The Bertz CT molecular complexity index is 479. The molecule has 0 bridgehead atoms. The standard InChI is InChI=1S/C10H13F2NO3S/c1-2-3-4-16-10-8(11)5-7(6-9(10)12)17(13,14)15/h5-6H,2-4H2,1H3,(H2,13,14,15). The summed E-state index contributed by atoms with van der Waals surface area (Å²) in [5.74, 6) is -2.74. The predicted molar refractivity (Wildman–Crippen MR) is 58.1 cm³/mol. The number of halogens is 2. The van der Waals surface area contributed by atoms with Crippen molar-refractivity contribution in [1.82, 2.24) is 0 Å². The minimum Gasteiger partial charge on any atom is -0.488 e. The molecule has 0 aliphatic heterocycles. The lowest BCUT2D eigenvalue weighted by molar-refractivity contribution is 0.278. The SMILES string of the molecule is CCCCOc1c(F)cc(S(N)(=O)=O)cc1F. The van der Waals surface area contributed by atoms with E-state index in [1.807, 2.05) is 6.92 Å². The Kier molecular flexibility index (Phi) is 4.41. The van der Waals surface area contributed by atoms with Crippen LogP contribution in [0.5, 0.6) is 5.75 Å². The van der Waals surface area contributed by atoms with Crippen molar-refractivity contribution in [1.29, 1.82) is 0 Å². The van der Waals surface area contributed by atoms with E-state index in [1.165, 1.54) is 0 Å².